The number of methoxy groups -OCH3 is 2. The van der Waals surface area contributed by atoms with E-state index in [1.54, 1.807) is 24.1 Å². The van der Waals surface area contributed by atoms with Gasteiger partial charge in [0.1, 0.15) is 6.61 Å². The zero-order valence-corrected chi connectivity index (χ0v) is 14.4. The minimum absolute atomic E-state index is 0.00945. The summed E-state index contributed by atoms with van der Waals surface area (Å²) in [6.45, 7) is 3.20. The Morgan fingerprint density at radius 3 is 2.38 bits per heavy atom. The molecule has 1 aromatic rings. The maximum Gasteiger partial charge on any atom is 0.321 e. The highest BCUT2D eigenvalue weighted by Crippen LogP contribution is 2.24. The summed E-state index contributed by atoms with van der Waals surface area (Å²) in [6.07, 6.45) is 1.92. The number of anilines is 2. The predicted molar refractivity (Wildman–Crippen MR) is 92.3 cm³/mol. The van der Waals surface area contributed by atoms with Gasteiger partial charge in [-0.15, -0.1) is 0 Å². The summed E-state index contributed by atoms with van der Waals surface area (Å²) in [7, 11) is 3.17. The van der Waals surface area contributed by atoms with Gasteiger partial charge in [0.05, 0.1) is 6.10 Å². The largest absolute Gasteiger partial charge is 0.381 e. The summed E-state index contributed by atoms with van der Waals surface area (Å²) in [5.41, 5.74) is 2.15. The summed E-state index contributed by atoms with van der Waals surface area (Å²) >= 11 is 0. The third kappa shape index (κ3) is 4.69. The lowest BCUT2D eigenvalue weighted by Crippen LogP contribution is -2.42. The van der Waals surface area contributed by atoms with Gasteiger partial charge in [0.2, 0.25) is 5.91 Å². The fraction of sp³-hybridized carbons (Fsp3) is 0.529. The number of nitrogens with zero attached hydrogens (tertiary/aromatic N) is 1. The van der Waals surface area contributed by atoms with Crippen LogP contribution in [0.15, 0.2) is 18.2 Å². The van der Waals surface area contributed by atoms with Crippen molar-refractivity contribution in [3.63, 3.8) is 0 Å². The number of piperidine rings is 1. The first-order valence-electron chi connectivity index (χ1n) is 8.02. The van der Waals surface area contributed by atoms with Crippen LogP contribution in [0.5, 0.6) is 0 Å². The number of hydrogen-bond donors (Lipinski definition) is 2. The molecular formula is C17H25N3O4. The van der Waals surface area contributed by atoms with E-state index in [4.69, 9.17) is 9.47 Å². The van der Waals surface area contributed by atoms with Crippen molar-refractivity contribution >= 4 is 23.3 Å². The standard InChI is InChI=1S/C17H25N3O4/c1-12-14(18-16(21)11-23-2)5-4-6-15(12)19-17(22)20-9-7-13(24-3)8-10-20/h4-6,13H,7-11H2,1-3H3,(H,18,21)(H,19,22). The summed E-state index contributed by atoms with van der Waals surface area (Å²) in [5.74, 6) is -0.231. The van der Waals surface area contributed by atoms with E-state index in [1.807, 2.05) is 13.0 Å². The van der Waals surface area contributed by atoms with E-state index in [0.717, 1.165) is 18.4 Å². The monoisotopic (exact) mass is 335 g/mol. The molecule has 1 heterocycles. The Bertz CT molecular complexity index is 583. The van der Waals surface area contributed by atoms with Crippen LogP contribution in [0.4, 0.5) is 16.2 Å². The first kappa shape index (κ1) is 18.2. The molecule has 3 amide bonds. The van der Waals surface area contributed by atoms with Crippen LogP contribution < -0.4 is 10.6 Å². The maximum absolute atomic E-state index is 12.4. The Hall–Kier alpha value is -2.12. The van der Waals surface area contributed by atoms with E-state index in [2.05, 4.69) is 10.6 Å². The predicted octanol–water partition coefficient (Wildman–Crippen LogP) is 2.22. The number of urea groups is 1. The van der Waals surface area contributed by atoms with Gasteiger partial charge in [-0.2, -0.15) is 0 Å². The zero-order valence-electron chi connectivity index (χ0n) is 14.4. The van der Waals surface area contributed by atoms with Crippen LogP contribution in [0.25, 0.3) is 0 Å². The second-order valence-electron chi connectivity index (χ2n) is 5.81. The Morgan fingerprint density at radius 1 is 1.17 bits per heavy atom. The quantitative estimate of drug-likeness (QED) is 0.865. The minimum Gasteiger partial charge on any atom is -0.381 e. The Morgan fingerprint density at radius 2 is 1.79 bits per heavy atom. The normalized spacial score (nSPS) is 15.2. The number of carbonyl (C=O) groups is 2. The molecule has 0 atom stereocenters. The van der Waals surface area contributed by atoms with Crippen LogP contribution in [0.1, 0.15) is 18.4 Å². The molecular weight excluding hydrogens is 310 g/mol. The van der Waals surface area contributed by atoms with E-state index >= 15 is 0 Å². The van der Waals surface area contributed by atoms with Crippen molar-refractivity contribution in [2.45, 2.75) is 25.9 Å². The molecule has 0 spiro atoms. The van der Waals surface area contributed by atoms with Crippen molar-refractivity contribution in [2.75, 3.05) is 44.5 Å². The van der Waals surface area contributed by atoms with Gasteiger partial charge in [-0.25, -0.2) is 4.79 Å². The van der Waals surface area contributed by atoms with Crippen LogP contribution >= 0.6 is 0 Å². The Balaban J connectivity index is 1.99. The molecule has 0 unspecified atom stereocenters. The number of benzene rings is 1. The molecule has 1 aromatic carbocycles. The summed E-state index contributed by atoms with van der Waals surface area (Å²) in [4.78, 5) is 25.9. The molecule has 0 radical (unpaired) electrons. The number of ether oxygens (including phenoxy) is 2. The molecule has 1 saturated heterocycles. The highest BCUT2D eigenvalue weighted by Gasteiger charge is 2.23. The van der Waals surface area contributed by atoms with E-state index in [-0.39, 0.29) is 24.6 Å². The fourth-order valence-corrected chi connectivity index (χ4v) is 2.71. The number of rotatable bonds is 5. The van der Waals surface area contributed by atoms with Gasteiger partial charge < -0.3 is 25.0 Å². The van der Waals surface area contributed by atoms with Crippen molar-refractivity contribution in [1.29, 1.82) is 0 Å². The van der Waals surface area contributed by atoms with E-state index < -0.39 is 0 Å². The van der Waals surface area contributed by atoms with Gasteiger partial charge >= 0.3 is 6.03 Å². The van der Waals surface area contributed by atoms with E-state index in [0.29, 0.717) is 24.5 Å². The van der Waals surface area contributed by atoms with Crippen LogP contribution in [-0.4, -0.2) is 56.9 Å². The molecule has 132 valence electrons. The molecule has 2 N–H and O–H groups in total. The topological polar surface area (TPSA) is 79.9 Å². The first-order valence-corrected chi connectivity index (χ1v) is 8.02. The van der Waals surface area contributed by atoms with E-state index in [1.165, 1.54) is 7.11 Å². The SMILES string of the molecule is COCC(=O)Nc1cccc(NC(=O)N2CCC(OC)CC2)c1C. The first-order chi connectivity index (χ1) is 11.5. The molecule has 24 heavy (non-hydrogen) atoms. The number of nitrogens with one attached hydrogen (secondary N) is 2. The molecule has 7 heteroatoms. The second kappa shape index (κ2) is 8.65. The summed E-state index contributed by atoms with van der Waals surface area (Å²) < 4.78 is 10.1. The lowest BCUT2D eigenvalue weighted by molar-refractivity contribution is -0.119. The number of hydrogen-bond acceptors (Lipinski definition) is 4. The van der Waals surface area contributed by atoms with Crippen molar-refractivity contribution in [3.8, 4) is 0 Å². The van der Waals surface area contributed by atoms with Gasteiger partial charge in [0.15, 0.2) is 0 Å². The maximum atomic E-state index is 12.4. The van der Waals surface area contributed by atoms with Crippen LogP contribution in [0.2, 0.25) is 0 Å². The summed E-state index contributed by atoms with van der Waals surface area (Å²) in [6, 6.07) is 5.28. The van der Waals surface area contributed by atoms with Gasteiger partial charge in [0, 0.05) is 38.7 Å². The van der Waals surface area contributed by atoms with Crippen LogP contribution in [-0.2, 0) is 14.3 Å². The smallest absolute Gasteiger partial charge is 0.321 e. The molecule has 7 nitrogen and oxygen atoms in total. The Labute approximate surface area is 142 Å². The van der Waals surface area contributed by atoms with E-state index in [9.17, 15) is 9.59 Å². The average Bonchev–Trinajstić information content (AvgIpc) is 2.58. The Kier molecular flexibility index (Phi) is 6.57. The van der Waals surface area contributed by atoms with Crippen molar-refractivity contribution in [2.24, 2.45) is 0 Å². The molecule has 2 rings (SSSR count). The fourth-order valence-electron chi connectivity index (χ4n) is 2.71. The lowest BCUT2D eigenvalue weighted by atomic mass is 10.1. The van der Waals surface area contributed by atoms with Gasteiger partial charge in [-0.1, -0.05) is 6.07 Å². The number of amides is 3. The molecule has 1 fully saturated rings. The van der Waals surface area contributed by atoms with Gasteiger partial charge in [-0.3, -0.25) is 4.79 Å². The number of likely N-dealkylation sites (tertiary alicyclic amines) is 1. The molecule has 0 bridgehead atoms. The zero-order chi connectivity index (χ0) is 17.5. The molecule has 0 aromatic heterocycles. The van der Waals surface area contributed by atoms with Crippen LogP contribution in [0.3, 0.4) is 0 Å². The third-order valence-corrected chi connectivity index (χ3v) is 4.19. The lowest BCUT2D eigenvalue weighted by Gasteiger charge is -2.31. The van der Waals surface area contributed by atoms with Gasteiger partial charge in [-0.05, 0) is 37.5 Å². The number of carbonyl (C=O) groups excluding carboxylic acids is 2. The van der Waals surface area contributed by atoms with Crippen molar-refractivity contribution in [1.82, 2.24) is 4.90 Å². The molecule has 1 aliphatic heterocycles. The highest BCUT2D eigenvalue weighted by molar-refractivity contribution is 5.95. The van der Waals surface area contributed by atoms with Gasteiger partial charge in [0.25, 0.3) is 0 Å². The third-order valence-electron chi connectivity index (χ3n) is 4.19. The molecule has 1 aliphatic rings. The van der Waals surface area contributed by atoms with Crippen molar-refractivity contribution in [3.05, 3.63) is 23.8 Å². The van der Waals surface area contributed by atoms with Crippen molar-refractivity contribution < 1.29 is 19.1 Å². The minimum atomic E-state index is -0.231. The molecule has 0 aliphatic carbocycles. The average molecular weight is 335 g/mol. The van der Waals surface area contributed by atoms with Crippen LogP contribution in [0, 0.1) is 6.92 Å². The molecule has 0 saturated carbocycles. The highest BCUT2D eigenvalue weighted by atomic mass is 16.5. The summed E-state index contributed by atoms with van der Waals surface area (Å²) in [5, 5.41) is 5.69. The second-order valence-corrected chi connectivity index (χ2v) is 5.81.